The van der Waals surface area contributed by atoms with Gasteiger partial charge in [0.15, 0.2) is 11.4 Å². The van der Waals surface area contributed by atoms with E-state index in [2.05, 4.69) is 23.7 Å². The van der Waals surface area contributed by atoms with Crippen LogP contribution in [0.25, 0.3) is 0 Å². The first-order chi connectivity index (χ1) is 7.63. The van der Waals surface area contributed by atoms with Crippen molar-refractivity contribution in [1.82, 2.24) is 4.98 Å². The smallest absolute Gasteiger partial charge is 0.186 e. The molecule has 0 fully saturated rings. The van der Waals surface area contributed by atoms with Crippen molar-refractivity contribution in [1.29, 1.82) is 0 Å². The fourth-order valence-electron chi connectivity index (χ4n) is 1.30. The molecule has 0 saturated carbocycles. The maximum absolute atomic E-state index is 10.9. The van der Waals surface area contributed by atoms with E-state index >= 15 is 0 Å². The summed E-state index contributed by atoms with van der Waals surface area (Å²) in [6.07, 6.45) is 1.89. The highest BCUT2D eigenvalue weighted by Crippen LogP contribution is 2.26. The number of anilines is 1. The van der Waals surface area contributed by atoms with Crippen LogP contribution in [0.1, 0.15) is 35.6 Å². The number of methoxy groups -OCH3 is 1. The molecule has 0 radical (unpaired) electrons. The first-order valence-corrected chi connectivity index (χ1v) is 6.12. The second kappa shape index (κ2) is 5.96. The molecule has 1 aromatic heterocycles. The molecule has 1 unspecified atom stereocenters. The van der Waals surface area contributed by atoms with Crippen molar-refractivity contribution in [2.45, 2.75) is 32.9 Å². The van der Waals surface area contributed by atoms with E-state index in [0.717, 1.165) is 23.5 Å². The topological polar surface area (TPSA) is 42.4 Å². The Bertz CT molecular complexity index is 352. The van der Waals surface area contributed by atoms with Crippen molar-refractivity contribution in [3.05, 3.63) is 10.6 Å². The first-order valence-electron chi connectivity index (χ1n) is 5.30. The Kier molecular flexibility index (Phi) is 4.89. The molecule has 0 bridgehead atoms. The molecule has 90 valence electrons. The Labute approximate surface area is 100 Å². The van der Waals surface area contributed by atoms with Crippen molar-refractivity contribution in [2.75, 3.05) is 19.1 Å². The van der Waals surface area contributed by atoms with Crippen LogP contribution in [0, 0.1) is 0 Å². The lowest BCUT2D eigenvalue weighted by molar-refractivity contribution is 0.112. The molecular weight excluding hydrogens is 224 g/mol. The van der Waals surface area contributed by atoms with Gasteiger partial charge in [-0.15, -0.1) is 0 Å². The van der Waals surface area contributed by atoms with Gasteiger partial charge >= 0.3 is 0 Å². The van der Waals surface area contributed by atoms with Gasteiger partial charge < -0.3 is 9.64 Å². The molecule has 5 heteroatoms. The summed E-state index contributed by atoms with van der Waals surface area (Å²) < 4.78 is 5.02. The Morgan fingerprint density at radius 2 is 2.31 bits per heavy atom. The normalized spacial score (nSPS) is 12.5. The van der Waals surface area contributed by atoms with E-state index in [4.69, 9.17) is 4.74 Å². The lowest BCUT2D eigenvalue weighted by Crippen LogP contribution is -2.27. The zero-order valence-corrected chi connectivity index (χ0v) is 11.0. The number of thiazole rings is 1. The van der Waals surface area contributed by atoms with Crippen molar-refractivity contribution in [2.24, 2.45) is 0 Å². The molecule has 0 amide bonds. The molecule has 0 spiro atoms. The number of hydrogen-bond donors (Lipinski definition) is 0. The van der Waals surface area contributed by atoms with E-state index in [1.807, 2.05) is 7.05 Å². The molecule has 0 saturated heterocycles. The van der Waals surface area contributed by atoms with Gasteiger partial charge in [-0.3, -0.25) is 4.79 Å². The molecule has 0 aliphatic rings. The number of aldehydes is 1. The number of rotatable bonds is 6. The summed E-state index contributed by atoms with van der Waals surface area (Å²) in [4.78, 5) is 18.1. The quantitative estimate of drug-likeness (QED) is 0.718. The number of carbonyl (C=O) groups excluding carboxylic acids is 1. The Balaban J connectivity index is 2.93. The SMILES string of the molecule is CCC(C)N(C)c1nc(COC)c(C=O)s1. The maximum atomic E-state index is 10.9. The van der Waals surface area contributed by atoms with Crippen LogP contribution >= 0.6 is 11.3 Å². The Morgan fingerprint density at radius 3 is 2.81 bits per heavy atom. The summed E-state index contributed by atoms with van der Waals surface area (Å²) in [6, 6.07) is 0.418. The first kappa shape index (κ1) is 13.1. The Hall–Kier alpha value is -0.940. The molecule has 0 aromatic carbocycles. The van der Waals surface area contributed by atoms with Gasteiger partial charge in [-0.25, -0.2) is 4.98 Å². The van der Waals surface area contributed by atoms with Crippen LogP contribution in [0.4, 0.5) is 5.13 Å². The average molecular weight is 242 g/mol. The van der Waals surface area contributed by atoms with Crippen LogP contribution in [0.3, 0.4) is 0 Å². The summed E-state index contributed by atoms with van der Waals surface area (Å²) >= 11 is 1.42. The highest BCUT2D eigenvalue weighted by atomic mass is 32.1. The van der Waals surface area contributed by atoms with E-state index in [1.165, 1.54) is 11.3 Å². The van der Waals surface area contributed by atoms with Gasteiger partial charge in [0.2, 0.25) is 0 Å². The third-order valence-corrected chi connectivity index (χ3v) is 3.77. The van der Waals surface area contributed by atoms with E-state index in [-0.39, 0.29) is 0 Å². The zero-order valence-electron chi connectivity index (χ0n) is 10.2. The second-order valence-electron chi connectivity index (χ2n) is 3.73. The second-order valence-corrected chi connectivity index (χ2v) is 4.74. The lowest BCUT2D eigenvalue weighted by Gasteiger charge is -2.22. The van der Waals surface area contributed by atoms with Gasteiger partial charge in [-0.1, -0.05) is 18.3 Å². The molecule has 0 N–H and O–H groups in total. The number of nitrogens with zero attached hydrogens (tertiary/aromatic N) is 2. The van der Waals surface area contributed by atoms with Gasteiger partial charge in [-0.05, 0) is 13.3 Å². The number of carbonyl (C=O) groups is 1. The van der Waals surface area contributed by atoms with Gasteiger partial charge in [-0.2, -0.15) is 0 Å². The predicted octanol–water partition coefficient (Wildman–Crippen LogP) is 2.34. The van der Waals surface area contributed by atoms with Gasteiger partial charge in [0.1, 0.15) is 0 Å². The summed E-state index contributed by atoms with van der Waals surface area (Å²) in [6.45, 7) is 4.66. The third-order valence-electron chi connectivity index (χ3n) is 2.66. The molecule has 1 heterocycles. The summed E-state index contributed by atoms with van der Waals surface area (Å²) in [5, 5.41) is 0.878. The monoisotopic (exact) mass is 242 g/mol. The fourth-order valence-corrected chi connectivity index (χ4v) is 2.24. The number of ether oxygens (including phenoxy) is 1. The maximum Gasteiger partial charge on any atom is 0.186 e. The molecule has 0 aliphatic carbocycles. The van der Waals surface area contributed by atoms with Crippen LogP contribution in [-0.2, 0) is 11.3 Å². The molecule has 4 nitrogen and oxygen atoms in total. The van der Waals surface area contributed by atoms with Crippen LogP contribution in [0.2, 0.25) is 0 Å². The predicted molar refractivity (Wildman–Crippen MR) is 66.4 cm³/mol. The Morgan fingerprint density at radius 1 is 1.62 bits per heavy atom. The van der Waals surface area contributed by atoms with Crippen LogP contribution in [-0.4, -0.2) is 31.5 Å². The fraction of sp³-hybridized carbons (Fsp3) is 0.636. The zero-order chi connectivity index (χ0) is 12.1. The van der Waals surface area contributed by atoms with Crippen molar-refractivity contribution in [3.63, 3.8) is 0 Å². The van der Waals surface area contributed by atoms with E-state index in [9.17, 15) is 4.79 Å². The van der Waals surface area contributed by atoms with Gasteiger partial charge in [0.25, 0.3) is 0 Å². The van der Waals surface area contributed by atoms with Gasteiger partial charge in [0, 0.05) is 20.2 Å². The largest absolute Gasteiger partial charge is 0.378 e. The highest BCUT2D eigenvalue weighted by molar-refractivity contribution is 7.17. The van der Waals surface area contributed by atoms with Crippen molar-refractivity contribution < 1.29 is 9.53 Å². The lowest BCUT2D eigenvalue weighted by atomic mass is 10.2. The molecule has 1 atom stereocenters. The van der Waals surface area contributed by atoms with Gasteiger partial charge in [0.05, 0.1) is 17.2 Å². The minimum atomic E-state index is 0.388. The summed E-state index contributed by atoms with van der Waals surface area (Å²) in [5.74, 6) is 0. The minimum Gasteiger partial charge on any atom is -0.378 e. The average Bonchev–Trinajstić information content (AvgIpc) is 2.70. The molecule has 0 aliphatic heterocycles. The van der Waals surface area contributed by atoms with Crippen LogP contribution in [0.5, 0.6) is 0 Å². The number of hydrogen-bond acceptors (Lipinski definition) is 5. The van der Waals surface area contributed by atoms with E-state index in [1.54, 1.807) is 7.11 Å². The minimum absolute atomic E-state index is 0.388. The summed E-state index contributed by atoms with van der Waals surface area (Å²) in [5.41, 5.74) is 0.729. The van der Waals surface area contributed by atoms with E-state index in [0.29, 0.717) is 17.5 Å². The molecule has 1 aromatic rings. The van der Waals surface area contributed by atoms with Crippen molar-refractivity contribution in [3.8, 4) is 0 Å². The molecule has 16 heavy (non-hydrogen) atoms. The third kappa shape index (κ3) is 2.80. The molecule has 1 rings (SSSR count). The molecular formula is C11H18N2O2S. The summed E-state index contributed by atoms with van der Waals surface area (Å²) in [7, 11) is 3.60. The van der Waals surface area contributed by atoms with Crippen molar-refractivity contribution >= 4 is 22.8 Å². The van der Waals surface area contributed by atoms with Crippen LogP contribution in [0.15, 0.2) is 0 Å². The van der Waals surface area contributed by atoms with Crippen LogP contribution < -0.4 is 4.90 Å². The standard InChI is InChI=1S/C11H18N2O2S/c1-5-8(2)13(3)11-12-9(7-15-4)10(6-14)16-11/h6,8H,5,7H2,1-4H3. The van der Waals surface area contributed by atoms with E-state index < -0.39 is 0 Å². The number of aromatic nitrogens is 1. The highest BCUT2D eigenvalue weighted by Gasteiger charge is 2.16.